The van der Waals surface area contributed by atoms with Crippen LogP contribution in [0.4, 0.5) is 42.9 Å². The summed E-state index contributed by atoms with van der Waals surface area (Å²) in [6.45, 7) is 18.4. The van der Waals surface area contributed by atoms with Crippen molar-refractivity contribution in [3.05, 3.63) is 262 Å². The number of benzene rings is 10. The normalized spacial score (nSPS) is 14.2. The highest BCUT2D eigenvalue weighted by molar-refractivity contribution is 7.27. The number of fused-ring (bicyclic) bond motifs is 15. The van der Waals surface area contributed by atoms with Crippen molar-refractivity contribution in [1.29, 1.82) is 0 Å². The third-order valence-electron chi connectivity index (χ3n) is 16.9. The van der Waals surface area contributed by atoms with Crippen molar-refractivity contribution in [2.75, 3.05) is 9.80 Å². The van der Waals surface area contributed by atoms with Crippen LogP contribution < -0.4 is 9.80 Å². The Labute approximate surface area is 463 Å². The smallest absolute Gasteiger partial charge is 0.125 e. The minimum absolute atomic E-state index is 0.0659. The second-order valence-electron chi connectivity index (χ2n) is 23.9. The molecule has 0 saturated carbocycles. The lowest BCUT2D eigenvalue weighted by molar-refractivity contribution is 0.563. The van der Waals surface area contributed by atoms with Crippen molar-refractivity contribution < 1.29 is 8.78 Å². The molecule has 2 aliphatic rings. The van der Waals surface area contributed by atoms with E-state index in [9.17, 15) is 0 Å². The van der Waals surface area contributed by atoms with Crippen LogP contribution in [0.15, 0.2) is 206 Å². The van der Waals surface area contributed by atoms with Crippen molar-refractivity contribution in [1.82, 2.24) is 0 Å². The molecule has 12 aromatic rings. The van der Waals surface area contributed by atoms with Crippen LogP contribution in [0.25, 0.3) is 51.5 Å². The first-order valence-corrected chi connectivity index (χ1v) is 28.7. The SMILES string of the molecule is CC(C)(C)c1cccc2c1sc1c(N(c3cccc(F)c3)c3ccc4c(c3)C3(c5cc(N(c6cccc(F)c6)c6cccc7c6sc6c(C(C)(C)C)cccc67)ccc5-4)c4ccccc4C(C)(C)c4ccccc43)cccc12. The van der Waals surface area contributed by atoms with Gasteiger partial charge in [-0.25, -0.2) is 8.78 Å². The molecule has 0 atom stereocenters. The summed E-state index contributed by atoms with van der Waals surface area (Å²) in [7, 11) is 0. The average molecular weight is 1050 g/mol. The summed E-state index contributed by atoms with van der Waals surface area (Å²) in [6.07, 6.45) is 0. The van der Waals surface area contributed by atoms with Crippen LogP contribution in [-0.2, 0) is 21.7 Å². The van der Waals surface area contributed by atoms with Gasteiger partial charge in [-0.1, -0.05) is 189 Å². The first-order chi connectivity index (χ1) is 37.5. The molecule has 10 aromatic carbocycles. The zero-order valence-electron chi connectivity index (χ0n) is 45.1. The minimum atomic E-state index is -0.808. The fraction of sp³-hybridized carbons (Fsp3) is 0.167. The van der Waals surface area contributed by atoms with E-state index in [1.807, 2.05) is 46.9 Å². The van der Waals surface area contributed by atoms with Gasteiger partial charge in [0.1, 0.15) is 11.6 Å². The lowest BCUT2D eigenvalue weighted by Gasteiger charge is -2.47. The second kappa shape index (κ2) is 17.3. The molecule has 2 nitrogen and oxygen atoms in total. The number of anilines is 6. The third-order valence-corrected chi connectivity index (χ3v) is 19.4. The van der Waals surface area contributed by atoms with Crippen molar-refractivity contribution in [3.63, 3.8) is 0 Å². The molecule has 0 aliphatic heterocycles. The number of thiophene rings is 2. The van der Waals surface area contributed by atoms with Gasteiger partial charge < -0.3 is 9.80 Å². The molecule has 0 unspecified atom stereocenters. The van der Waals surface area contributed by atoms with E-state index >= 15 is 8.78 Å². The highest BCUT2D eigenvalue weighted by Crippen LogP contribution is 2.64. The lowest BCUT2D eigenvalue weighted by Crippen LogP contribution is -2.40. The van der Waals surface area contributed by atoms with Crippen LogP contribution in [0, 0.1) is 11.6 Å². The van der Waals surface area contributed by atoms with Gasteiger partial charge in [-0.05, 0) is 139 Å². The summed E-state index contributed by atoms with van der Waals surface area (Å²) < 4.78 is 36.5. The average Bonchev–Trinajstić information content (AvgIpc) is 2.57. The van der Waals surface area contributed by atoms with Crippen LogP contribution in [0.1, 0.15) is 99.9 Å². The third kappa shape index (κ3) is 7.08. The summed E-state index contributed by atoms with van der Waals surface area (Å²) in [5.74, 6) is -0.593. The van der Waals surface area contributed by atoms with Gasteiger partial charge >= 0.3 is 0 Å². The summed E-state index contributed by atoms with van der Waals surface area (Å²) in [4.78, 5) is 4.54. The summed E-state index contributed by atoms with van der Waals surface area (Å²) in [6, 6.07) is 72.5. The fourth-order valence-corrected chi connectivity index (χ4v) is 16.4. The largest absolute Gasteiger partial charge is 0.309 e. The molecular formula is C72H58F2N2S2. The molecule has 2 aliphatic carbocycles. The minimum Gasteiger partial charge on any atom is -0.309 e. The molecule has 2 heterocycles. The Hall–Kier alpha value is -7.90. The van der Waals surface area contributed by atoms with E-state index in [0.717, 1.165) is 65.8 Å². The van der Waals surface area contributed by atoms with E-state index in [4.69, 9.17) is 0 Å². The summed E-state index contributed by atoms with van der Waals surface area (Å²) in [5.41, 5.74) is 16.2. The molecule has 78 heavy (non-hydrogen) atoms. The lowest BCUT2D eigenvalue weighted by atomic mass is 9.55. The number of nitrogens with zero attached hydrogens (tertiary/aromatic N) is 2. The molecule has 382 valence electrons. The first kappa shape index (κ1) is 48.5. The Balaban J connectivity index is 1.05. The van der Waals surface area contributed by atoms with E-state index in [1.165, 1.54) is 76.5 Å². The van der Waals surface area contributed by atoms with Gasteiger partial charge in [0.2, 0.25) is 0 Å². The van der Waals surface area contributed by atoms with Gasteiger partial charge in [-0.2, -0.15) is 0 Å². The molecular weight excluding hydrogens is 995 g/mol. The van der Waals surface area contributed by atoms with Gasteiger partial charge in [0.25, 0.3) is 0 Å². The zero-order valence-corrected chi connectivity index (χ0v) is 46.7. The molecule has 0 amide bonds. The van der Waals surface area contributed by atoms with Crippen LogP contribution in [0.3, 0.4) is 0 Å². The maximum atomic E-state index is 15.8. The van der Waals surface area contributed by atoms with Gasteiger partial charge in [0.15, 0.2) is 0 Å². The molecule has 0 radical (unpaired) electrons. The molecule has 0 saturated heterocycles. The van der Waals surface area contributed by atoms with Crippen molar-refractivity contribution in [3.8, 4) is 11.1 Å². The topological polar surface area (TPSA) is 6.48 Å². The molecule has 0 N–H and O–H groups in total. The van der Waals surface area contributed by atoms with E-state index < -0.39 is 5.41 Å². The highest BCUT2D eigenvalue weighted by Gasteiger charge is 2.54. The predicted octanol–water partition coefficient (Wildman–Crippen LogP) is 21.2. The van der Waals surface area contributed by atoms with E-state index in [0.29, 0.717) is 0 Å². The highest BCUT2D eigenvalue weighted by atomic mass is 32.1. The van der Waals surface area contributed by atoms with Crippen molar-refractivity contribution in [2.24, 2.45) is 0 Å². The summed E-state index contributed by atoms with van der Waals surface area (Å²) in [5, 5.41) is 4.81. The standard InChI is InChI=1S/C72H58F2N2S2/c1-69(2,3)59-31-15-23-51-53-25-17-33-63(67(53)77-65(51)59)75(45-21-13-19-43(73)39-45)47-35-37-49-50-38-36-48(42-62(50)72(61(49)41-47)57-29-11-9-27-55(57)71(7,8)56-28-10-12-30-58(56)72)76(46-22-14-20-44(74)40-46)64-34-18-26-54-52-24-16-32-60(70(4,5)6)66(52)78-68(54)64/h9-42H,1-8H3. The Morgan fingerprint density at radius 1 is 0.346 bits per heavy atom. The monoisotopic (exact) mass is 1050 g/mol. The quantitative estimate of drug-likeness (QED) is 0.164. The molecule has 14 rings (SSSR count). The molecule has 0 bridgehead atoms. The number of hydrogen-bond donors (Lipinski definition) is 0. The van der Waals surface area contributed by atoms with Crippen LogP contribution in [0.2, 0.25) is 0 Å². The van der Waals surface area contributed by atoms with Crippen LogP contribution in [0.5, 0.6) is 0 Å². The molecule has 0 fully saturated rings. The second-order valence-corrected chi connectivity index (χ2v) is 26.0. The Bertz CT molecular complexity index is 4160. The van der Waals surface area contributed by atoms with Gasteiger partial charge in [0, 0.05) is 59.1 Å². The van der Waals surface area contributed by atoms with Gasteiger partial charge in [-0.3, -0.25) is 0 Å². The van der Waals surface area contributed by atoms with Crippen LogP contribution in [-0.4, -0.2) is 0 Å². The van der Waals surface area contributed by atoms with E-state index in [2.05, 4.69) is 223 Å². The number of rotatable bonds is 6. The number of hydrogen-bond acceptors (Lipinski definition) is 4. The van der Waals surface area contributed by atoms with Crippen molar-refractivity contribution >= 4 is 97.1 Å². The Morgan fingerprint density at radius 3 is 1.10 bits per heavy atom. The Morgan fingerprint density at radius 2 is 0.705 bits per heavy atom. The van der Waals surface area contributed by atoms with Crippen molar-refractivity contribution in [2.45, 2.75) is 77.0 Å². The predicted molar refractivity (Wildman–Crippen MR) is 328 cm³/mol. The van der Waals surface area contributed by atoms with Gasteiger partial charge in [0.05, 0.1) is 26.2 Å². The molecule has 1 spiro atoms. The number of halogens is 2. The van der Waals surface area contributed by atoms with E-state index in [1.54, 1.807) is 12.1 Å². The first-order valence-electron chi connectivity index (χ1n) is 27.0. The zero-order chi connectivity index (χ0) is 53.6. The fourth-order valence-electron chi connectivity index (χ4n) is 13.4. The van der Waals surface area contributed by atoms with E-state index in [-0.39, 0.29) is 27.9 Å². The maximum Gasteiger partial charge on any atom is 0.125 e. The maximum absolute atomic E-state index is 15.8. The van der Waals surface area contributed by atoms with Gasteiger partial charge in [-0.15, -0.1) is 22.7 Å². The van der Waals surface area contributed by atoms with Crippen LogP contribution >= 0.6 is 22.7 Å². The summed E-state index contributed by atoms with van der Waals surface area (Å²) >= 11 is 3.65. The molecule has 2 aromatic heterocycles. The Kier molecular flexibility index (Phi) is 10.8. The molecule has 6 heteroatoms.